The quantitative estimate of drug-likeness (QED) is 0.118. The highest BCUT2D eigenvalue weighted by Crippen LogP contribution is 2.46. The van der Waals surface area contributed by atoms with E-state index in [4.69, 9.17) is 8.83 Å². The van der Waals surface area contributed by atoms with E-state index in [1.807, 2.05) is 78.9 Å². The summed E-state index contributed by atoms with van der Waals surface area (Å²) in [5.74, 6) is 0. The normalized spacial score (nSPS) is 11.5. The molecule has 102 heavy (non-hydrogen) atoms. The van der Waals surface area contributed by atoms with Crippen LogP contribution in [0, 0.1) is 0 Å². The molecule has 0 saturated carbocycles. The Kier molecular flexibility index (Phi) is 16.0. The Morgan fingerprint density at radius 3 is 0.931 bits per heavy atom. The van der Waals surface area contributed by atoms with Gasteiger partial charge in [-0.25, -0.2) is 0 Å². The molecule has 2 heterocycles. The lowest BCUT2D eigenvalue weighted by Crippen LogP contribution is -2.31. The van der Waals surface area contributed by atoms with Crippen LogP contribution in [0.1, 0.15) is 0 Å². The van der Waals surface area contributed by atoms with Crippen LogP contribution >= 0.6 is 15.9 Å². The zero-order valence-electron chi connectivity index (χ0n) is 55.3. The predicted octanol–water partition coefficient (Wildman–Crippen LogP) is 25.9. The first-order chi connectivity index (χ1) is 50.3. The van der Waals surface area contributed by atoms with E-state index >= 15 is 0 Å². The fourth-order valence-electron chi connectivity index (χ4n) is 15.4. The summed E-state index contributed by atoms with van der Waals surface area (Å²) >= 11 is 3.52. The van der Waals surface area contributed by atoms with Crippen LogP contribution in [-0.4, -0.2) is 17.2 Å². The minimum Gasteiger partial charge on any atom is -0.456 e. The third-order valence-corrected chi connectivity index (χ3v) is 20.6. The molecule has 0 amide bonds. The number of fused-ring (bicyclic) bond motifs is 12. The Balaban J connectivity index is 0.000000121. The van der Waals surface area contributed by atoms with Gasteiger partial charge in [-0.05, 0) is 203 Å². The van der Waals surface area contributed by atoms with E-state index in [2.05, 4.69) is 301 Å². The summed E-state index contributed by atoms with van der Waals surface area (Å²) in [5, 5.41) is 38.8. The average Bonchev–Trinajstić information content (AvgIpc) is 1.05. The van der Waals surface area contributed by atoms with Crippen LogP contribution in [-0.2, 0) is 0 Å². The van der Waals surface area contributed by atoms with E-state index in [1.165, 1.54) is 115 Å². The minimum absolute atomic E-state index is 0.553. The Bertz CT molecular complexity index is 6500. The average molecular weight is 1370 g/mol. The van der Waals surface area contributed by atoms with Gasteiger partial charge in [0.05, 0.1) is 0 Å². The van der Waals surface area contributed by atoms with Crippen molar-refractivity contribution in [2.45, 2.75) is 0 Å². The summed E-state index contributed by atoms with van der Waals surface area (Å²) in [7, 11) is -1.54. The maximum absolute atomic E-state index is 10.2. The molecule has 20 rings (SSSR count). The molecule has 0 spiro atoms. The van der Waals surface area contributed by atoms with Crippen LogP contribution in [0.4, 0.5) is 0 Å². The molecule has 20 aromatic rings. The molecule has 0 bridgehead atoms. The summed E-state index contributed by atoms with van der Waals surface area (Å²) in [6.45, 7) is 0. The number of para-hydroxylation sites is 2. The largest absolute Gasteiger partial charge is 0.489 e. The zero-order valence-corrected chi connectivity index (χ0v) is 56.9. The molecular formula is C96H62BBrO4. The predicted molar refractivity (Wildman–Crippen MR) is 434 cm³/mol. The van der Waals surface area contributed by atoms with Gasteiger partial charge in [0, 0.05) is 26.0 Å². The van der Waals surface area contributed by atoms with Crippen LogP contribution in [0.3, 0.4) is 0 Å². The van der Waals surface area contributed by atoms with Crippen molar-refractivity contribution in [1.82, 2.24) is 0 Å². The van der Waals surface area contributed by atoms with Gasteiger partial charge in [0.15, 0.2) is 0 Å². The van der Waals surface area contributed by atoms with Gasteiger partial charge in [0.2, 0.25) is 0 Å². The smallest absolute Gasteiger partial charge is 0.456 e. The number of furan rings is 2. The van der Waals surface area contributed by atoms with Gasteiger partial charge in [0.1, 0.15) is 22.3 Å². The first-order valence-electron chi connectivity index (χ1n) is 34.4. The molecule has 0 unspecified atom stereocenters. The van der Waals surface area contributed by atoms with E-state index < -0.39 is 7.12 Å². The Morgan fingerprint density at radius 2 is 0.500 bits per heavy atom. The lowest BCUT2D eigenvalue weighted by Gasteiger charge is -2.18. The van der Waals surface area contributed by atoms with Crippen LogP contribution in [0.2, 0.25) is 0 Å². The fourth-order valence-corrected chi connectivity index (χ4v) is 15.8. The molecule has 2 aromatic heterocycles. The number of hydrogen-bond donors (Lipinski definition) is 2. The summed E-state index contributed by atoms with van der Waals surface area (Å²) < 4.78 is 13.1. The van der Waals surface area contributed by atoms with Crippen molar-refractivity contribution in [3.63, 3.8) is 0 Å². The van der Waals surface area contributed by atoms with Gasteiger partial charge in [-0.15, -0.1) is 0 Å². The topological polar surface area (TPSA) is 66.7 Å². The monoisotopic (exact) mass is 1370 g/mol. The standard InChI is InChI=1S/C48H30O.C30H21BO2.C18H11BrO/c1-2-15-37-31(11-1)12-10-21-38(37)32-23-25-33(26-24-32)47-40-17-3-5-19-42(40)48(43-20-6-4-18-41(43)47)36-14-9-13-34(29-36)35-27-28-46-44(30-35)39-16-7-8-22-45(39)49-46;32-31(33)30-27-13-5-3-11-25(27)29(26-12-4-6-14-28(26)30)22-18-16-21(17-19-22)24-15-7-9-20-8-1-2-10-23(20)24;19-14-5-3-4-12(10-14)13-8-9-18-16(11-13)15-6-1-2-7-17(15)20-18/h1-30H;1-19,32-33H;1-11H. The third-order valence-electron chi connectivity index (χ3n) is 20.1. The Labute approximate surface area is 598 Å². The van der Waals surface area contributed by atoms with E-state index in [-0.39, 0.29) is 0 Å². The SMILES string of the molecule is Brc1cccc(-c2ccc3oc4ccccc4c3c2)c1.OB(O)c1c2ccccc2c(-c2ccc(-c3cccc4ccccc34)cc2)c2ccccc12.c1cc(-c2ccc3oc4ccccc4c3c2)cc(-c2c3ccccc3c(-c3ccc(-c4cccc5ccccc45)cc3)c3ccccc23)c1. The molecule has 2 N–H and O–H groups in total. The summed E-state index contributed by atoms with van der Waals surface area (Å²) in [6, 6.07) is 128. The molecule has 0 saturated heterocycles. The fraction of sp³-hybridized carbons (Fsp3) is 0. The second kappa shape index (κ2) is 26.4. The number of hydrogen-bond acceptors (Lipinski definition) is 4. The molecule has 480 valence electrons. The number of rotatable bonds is 8. The molecule has 0 aliphatic heterocycles. The Hall–Kier alpha value is -12.4. The van der Waals surface area contributed by atoms with E-state index in [9.17, 15) is 10.0 Å². The number of benzene rings is 18. The van der Waals surface area contributed by atoms with Gasteiger partial charge >= 0.3 is 7.12 Å². The summed E-state index contributed by atoms with van der Waals surface area (Å²) in [5.41, 5.74) is 21.1. The highest BCUT2D eigenvalue weighted by Gasteiger charge is 2.23. The van der Waals surface area contributed by atoms with Crippen molar-refractivity contribution >= 4 is 137 Å². The van der Waals surface area contributed by atoms with Crippen molar-refractivity contribution in [2.75, 3.05) is 0 Å². The van der Waals surface area contributed by atoms with Crippen LogP contribution in [0.15, 0.2) is 377 Å². The second-order valence-electron chi connectivity index (χ2n) is 26.0. The lowest BCUT2D eigenvalue weighted by molar-refractivity contribution is 0.426. The lowest BCUT2D eigenvalue weighted by atomic mass is 9.72. The van der Waals surface area contributed by atoms with Gasteiger partial charge in [-0.3, -0.25) is 0 Å². The molecule has 4 nitrogen and oxygen atoms in total. The minimum atomic E-state index is -1.54. The van der Waals surface area contributed by atoms with Gasteiger partial charge in [0.25, 0.3) is 0 Å². The second-order valence-corrected chi connectivity index (χ2v) is 26.9. The highest BCUT2D eigenvalue weighted by atomic mass is 79.9. The number of halogens is 1. The molecule has 0 aliphatic carbocycles. The van der Waals surface area contributed by atoms with Gasteiger partial charge < -0.3 is 18.9 Å². The van der Waals surface area contributed by atoms with Crippen molar-refractivity contribution in [1.29, 1.82) is 0 Å². The maximum Gasteiger partial charge on any atom is 0.489 e. The van der Waals surface area contributed by atoms with E-state index in [0.717, 1.165) is 75.6 Å². The molecule has 6 heteroatoms. The molecule has 0 atom stereocenters. The summed E-state index contributed by atoms with van der Waals surface area (Å²) in [6.07, 6.45) is 0. The van der Waals surface area contributed by atoms with E-state index in [1.54, 1.807) is 0 Å². The van der Waals surface area contributed by atoms with Crippen molar-refractivity contribution < 1.29 is 18.9 Å². The molecule has 18 aromatic carbocycles. The highest BCUT2D eigenvalue weighted by molar-refractivity contribution is 9.10. The van der Waals surface area contributed by atoms with Crippen LogP contribution < -0.4 is 5.46 Å². The first-order valence-corrected chi connectivity index (χ1v) is 35.2. The van der Waals surface area contributed by atoms with Gasteiger partial charge in [-0.1, -0.05) is 325 Å². The zero-order chi connectivity index (χ0) is 68.2. The molecule has 0 aliphatic rings. The van der Waals surface area contributed by atoms with Crippen molar-refractivity contribution in [2.24, 2.45) is 0 Å². The van der Waals surface area contributed by atoms with E-state index in [0.29, 0.717) is 5.46 Å². The molecule has 0 fully saturated rings. The third kappa shape index (κ3) is 11.3. The Morgan fingerprint density at radius 1 is 0.206 bits per heavy atom. The molecule has 0 radical (unpaired) electrons. The van der Waals surface area contributed by atoms with Crippen LogP contribution in [0.25, 0.3) is 186 Å². The van der Waals surface area contributed by atoms with Crippen molar-refractivity contribution in [3.05, 3.63) is 368 Å². The first kappa shape index (κ1) is 61.9. The molecular weight excluding hydrogens is 1310 g/mol. The van der Waals surface area contributed by atoms with Crippen molar-refractivity contribution in [3.8, 4) is 77.9 Å². The van der Waals surface area contributed by atoms with Crippen LogP contribution in [0.5, 0.6) is 0 Å². The summed E-state index contributed by atoms with van der Waals surface area (Å²) in [4.78, 5) is 0. The maximum atomic E-state index is 10.2. The van der Waals surface area contributed by atoms with Gasteiger partial charge in [-0.2, -0.15) is 0 Å².